The van der Waals surface area contributed by atoms with Crippen LogP contribution in [-0.4, -0.2) is 28.0 Å². The van der Waals surface area contributed by atoms with Crippen LogP contribution < -0.4 is 5.32 Å². The van der Waals surface area contributed by atoms with Gasteiger partial charge in [0.2, 0.25) is 5.95 Å². The van der Waals surface area contributed by atoms with Crippen LogP contribution in [0.3, 0.4) is 0 Å². The normalized spacial score (nSPS) is 18.9. The van der Waals surface area contributed by atoms with Gasteiger partial charge in [-0.1, -0.05) is 0 Å². The van der Waals surface area contributed by atoms with E-state index in [1.165, 1.54) is 19.0 Å². The van der Waals surface area contributed by atoms with Crippen molar-refractivity contribution in [2.75, 3.05) is 13.1 Å². The van der Waals surface area contributed by atoms with E-state index in [1.54, 1.807) is 24.4 Å². The van der Waals surface area contributed by atoms with E-state index in [4.69, 9.17) is 0 Å². The monoisotopic (exact) mass is 272 g/mol. The first-order valence-corrected chi connectivity index (χ1v) is 6.96. The molecule has 0 spiro atoms. The lowest BCUT2D eigenvalue weighted by molar-refractivity contribution is 0.370. The highest BCUT2D eigenvalue weighted by Gasteiger charge is 2.15. The average Bonchev–Trinajstić information content (AvgIpc) is 2.49. The maximum atomic E-state index is 13.7. The number of halogens is 1. The highest BCUT2D eigenvalue weighted by Crippen LogP contribution is 2.20. The number of piperidine rings is 1. The molecule has 0 aromatic carbocycles. The molecule has 1 unspecified atom stereocenters. The van der Waals surface area contributed by atoms with Gasteiger partial charge in [0.25, 0.3) is 0 Å². The van der Waals surface area contributed by atoms with E-state index < -0.39 is 5.95 Å². The van der Waals surface area contributed by atoms with Gasteiger partial charge >= 0.3 is 0 Å². The van der Waals surface area contributed by atoms with Gasteiger partial charge in [-0.15, -0.1) is 0 Å². The standard InChI is InChI=1S/C15H17FN4/c16-15-12(4-2-7-19-15)13-5-8-18-14(20-13)9-11-3-1-6-17-10-11/h2,4-5,7-8,11,17H,1,3,6,9-10H2. The molecule has 1 saturated heterocycles. The summed E-state index contributed by atoms with van der Waals surface area (Å²) < 4.78 is 13.7. The lowest BCUT2D eigenvalue weighted by Crippen LogP contribution is -2.31. The van der Waals surface area contributed by atoms with Crippen LogP contribution in [0.4, 0.5) is 4.39 Å². The van der Waals surface area contributed by atoms with Crippen molar-refractivity contribution in [1.82, 2.24) is 20.3 Å². The number of hydrogen-bond donors (Lipinski definition) is 1. The van der Waals surface area contributed by atoms with Crippen LogP contribution in [0.1, 0.15) is 18.7 Å². The Morgan fingerprint density at radius 1 is 1.25 bits per heavy atom. The molecule has 0 aliphatic carbocycles. The Bertz CT molecular complexity index is 582. The van der Waals surface area contributed by atoms with Gasteiger partial charge in [-0.25, -0.2) is 15.0 Å². The Balaban J connectivity index is 1.80. The highest BCUT2D eigenvalue weighted by molar-refractivity contribution is 5.57. The molecule has 1 fully saturated rings. The van der Waals surface area contributed by atoms with Crippen LogP contribution >= 0.6 is 0 Å². The van der Waals surface area contributed by atoms with Crippen molar-refractivity contribution < 1.29 is 4.39 Å². The number of aromatic nitrogens is 3. The molecule has 2 aromatic heterocycles. The van der Waals surface area contributed by atoms with Crippen molar-refractivity contribution in [3.63, 3.8) is 0 Å². The minimum Gasteiger partial charge on any atom is -0.316 e. The maximum absolute atomic E-state index is 13.7. The van der Waals surface area contributed by atoms with Gasteiger partial charge < -0.3 is 5.32 Å². The number of nitrogens with one attached hydrogen (secondary N) is 1. The second-order valence-corrected chi connectivity index (χ2v) is 5.12. The first-order chi connectivity index (χ1) is 9.83. The van der Waals surface area contributed by atoms with Gasteiger partial charge in [-0.05, 0) is 50.0 Å². The Labute approximate surface area is 117 Å². The second kappa shape index (κ2) is 6.05. The van der Waals surface area contributed by atoms with Crippen LogP contribution in [0, 0.1) is 11.9 Å². The summed E-state index contributed by atoms with van der Waals surface area (Å²) in [6.45, 7) is 2.10. The molecule has 5 heteroatoms. The van der Waals surface area contributed by atoms with E-state index in [1.807, 2.05) is 0 Å². The van der Waals surface area contributed by atoms with Crippen LogP contribution in [0.15, 0.2) is 30.6 Å². The van der Waals surface area contributed by atoms with Crippen LogP contribution in [-0.2, 0) is 6.42 Å². The molecule has 0 bridgehead atoms. The van der Waals surface area contributed by atoms with Crippen molar-refractivity contribution in [2.45, 2.75) is 19.3 Å². The highest BCUT2D eigenvalue weighted by atomic mass is 19.1. The summed E-state index contributed by atoms with van der Waals surface area (Å²) in [6, 6.07) is 5.13. The predicted octanol–water partition coefficient (Wildman–Crippen LogP) is 2.22. The molecule has 2 aromatic rings. The van der Waals surface area contributed by atoms with Crippen molar-refractivity contribution in [1.29, 1.82) is 0 Å². The van der Waals surface area contributed by atoms with Crippen LogP contribution in [0.2, 0.25) is 0 Å². The molecule has 0 radical (unpaired) electrons. The molecule has 1 aliphatic heterocycles. The van der Waals surface area contributed by atoms with Gasteiger partial charge in [-0.2, -0.15) is 4.39 Å². The van der Waals surface area contributed by atoms with E-state index in [0.29, 0.717) is 17.2 Å². The first kappa shape index (κ1) is 13.1. The maximum Gasteiger partial charge on any atom is 0.222 e. The summed E-state index contributed by atoms with van der Waals surface area (Å²) >= 11 is 0. The van der Waals surface area contributed by atoms with Gasteiger partial charge in [-0.3, -0.25) is 0 Å². The summed E-state index contributed by atoms with van der Waals surface area (Å²) in [5.74, 6) is 0.855. The molecule has 4 nitrogen and oxygen atoms in total. The molecule has 20 heavy (non-hydrogen) atoms. The Morgan fingerprint density at radius 3 is 3.00 bits per heavy atom. The van der Waals surface area contributed by atoms with Gasteiger partial charge in [0.05, 0.1) is 11.3 Å². The van der Waals surface area contributed by atoms with E-state index >= 15 is 0 Å². The Kier molecular flexibility index (Phi) is 3.97. The molecule has 0 amide bonds. The lowest BCUT2D eigenvalue weighted by atomic mass is 9.96. The van der Waals surface area contributed by atoms with Crippen LogP contribution in [0.5, 0.6) is 0 Å². The summed E-state index contributed by atoms with van der Waals surface area (Å²) in [5, 5.41) is 3.38. The Morgan fingerprint density at radius 2 is 2.20 bits per heavy atom. The molecule has 0 saturated carbocycles. The Hall–Kier alpha value is -1.88. The van der Waals surface area contributed by atoms with Crippen molar-refractivity contribution in [3.05, 3.63) is 42.4 Å². The topological polar surface area (TPSA) is 50.7 Å². The fraction of sp³-hybridized carbons (Fsp3) is 0.400. The molecular weight excluding hydrogens is 255 g/mol. The van der Waals surface area contributed by atoms with Gasteiger partial charge in [0, 0.05) is 18.8 Å². The zero-order valence-electron chi connectivity index (χ0n) is 11.2. The third-order valence-corrected chi connectivity index (χ3v) is 3.61. The summed E-state index contributed by atoms with van der Waals surface area (Å²) in [7, 11) is 0. The SMILES string of the molecule is Fc1ncccc1-c1ccnc(CC2CCCNC2)n1. The fourth-order valence-electron chi connectivity index (χ4n) is 2.58. The van der Waals surface area contributed by atoms with Crippen molar-refractivity contribution in [2.24, 2.45) is 5.92 Å². The third kappa shape index (κ3) is 2.99. The van der Waals surface area contributed by atoms with Crippen molar-refractivity contribution in [3.8, 4) is 11.3 Å². The van der Waals surface area contributed by atoms with E-state index in [-0.39, 0.29) is 0 Å². The van der Waals surface area contributed by atoms with Crippen molar-refractivity contribution >= 4 is 0 Å². The van der Waals surface area contributed by atoms with Gasteiger partial charge in [0.15, 0.2) is 0 Å². The van der Waals surface area contributed by atoms with Gasteiger partial charge in [0.1, 0.15) is 5.82 Å². The number of rotatable bonds is 3. The smallest absolute Gasteiger partial charge is 0.222 e. The zero-order valence-corrected chi connectivity index (χ0v) is 11.2. The number of hydrogen-bond acceptors (Lipinski definition) is 4. The minimum absolute atomic E-state index is 0.429. The van der Waals surface area contributed by atoms with Crippen LogP contribution in [0.25, 0.3) is 11.3 Å². The quantitative estimate of drug-likeness (QED) is 0.870. The largest absolute Gasteiger partial charge is 0.316 e. The van der Waals surface area contributed by atoms with E-state index in [9.17, 15) is 4.39 Å². The second-order valence-electron chi connectivity index (χ2n) is 5.12. The molecule has 3 heterocycles. The molecule has 104 valence electrons. The summed E-state index contributed by atoms with van der Waals surface area (Å²) in [6.07, 6.45) is 6.36. The first-order valence-electron chi connectivity index (χ1n) is 6.96. The minimum atomic E-state index is -0.489. The number of pyridine rings is 1. The molecule has 1 N–H and O–H groups in total. The lowest BCUT2D eigenvalue weighted by Gasteiger charge is -2.21. The number of nitrogens with zero attached hydrogens (tertiary/aromatic N) is 3. The van der Waals surface area contributed by atoms with E-state index in [0.717, 1.165) is 25.3 Å². The summed E-state index contributed by atoms with van der Waals surface area (Å²) in [4.78, 5) is 12.4. The molecule has 3 rings (SSSR count). The summed E-state index contributed by atoms with van der Waals surface area (Å²) in [5.41, 5.74) is 1.03. The zero-order chi connectivity index (χ0) is 13.8. The molecule has 1 atom stereocenters. The fourth-order valence-corrected chi connectivity index (χ4v) is 2.58. The third-order valence-electron chi connectivity index (χ3n) is 3.61. The molecular formula is C15H17FN4. The predicted molar refractivity (Wildman–Crippen MR) is 74.5 cm³/mol. The average molecular weight is 272 g/mol. The molecule has 1 aliphatic rings. The van der Waals surface area contributed by atoms with E-state index in [2.05, 4.69) is 20.3 Å².